The molecule has 0 fully saturated rings. The summed E-state index contributed by atoms with van der Waals surface area (Å²) in [6.45, 7) is 6.88. The molecule has 0 aliphatic rings. The second-order valence-electron chi connectivity index (χ2n) is 4.92. The van der Waals surface area contributed by atoms with Crippen LogP contribution in [0.4, 0.5) is 11.6 Å². The summed E-state index contributed by atoms with van der Waals surface area (Å²) in [4.78, 5) is 20.5. The minimum absolute atomic E-state index is 0.203. The van der Waals surface area contributed by atoms with Gasteiger partial charge in [-0.1, -0.05) is 19.1 Å². The predicted molar refractivity (Wildman–Crippen MR) is 84.7 cm³/mol. The second kappa shape index (κ2) is 6.83. The standard InChI is InChI=1S/C16H20N4O/c1-4-8-17-16-18-9-13(10-19-16)15(21)20-14-7-5-6-11(2)12(14)3/h5-7,9-10H,4,8H2,1-3H3,(H,20,21)(H,17,18,19). The Kier molecular flexibility index (Phi) is 4.87. The summed E-state index contributed by atoms with van der Waals surface area (Å²) in [5, 5.41) is 5.96. The van der Waals surface area contributed by atoms with Crippen LogP contribution in [0.3, 0.4) is 0 Å². The van der Waals surface area contributed by atoms with E-state index in [1.807, 2.05) is 32.0 Å². The van der Waals surface area contributed by atoms with Crippen LogP contribution in [0.2, 0.25) is 0 Å². The maximum Gasteiger partial charge on any atom is 0.258 e. The Balaban J connectivity index is 2.08. The number of aromatic nitrogens is 2. The van der Waals surface area contributed by atoms with Gasteiger partial charge in [0.25, 0.3) is 5.91 Å². The number of hydrogen-bond acceptors (Lipinski definition) is 4. The number of anilines is 2. The third kappa shape index (κ3) is 3.78. The van der Waals surface area contributed by atoms with Crippen LogP contribution in [0.5, 0.6) is 0 Å². The van der Waals surface area contributed by atoms with Crippen LogP contribution >= 0.6 is 0 Å². The van der Waals surface area contributed by atoms with Crippen molar-refractivity contribution in [2.75, 3.05) is 17.2 Å². The first kappa shape index (κ1) is 15.0. The van der Waals surface area contributed by atoms with Crippen LogP contribution in [-0.2, 0) is 0 Å². The summed E-state index contributed by atoms with van der Waals surface area (Å²) in [5.41, 5.74) is 3.46. The number of hydrogen-bond donors (Lipinski definition) is 2. The van der Waals surface area contributed by atoms with E-state index in [0.717, 1.165) is 29.8 Å². The van der Waals surface area contributed by atoms with Crippen LogP contribution in [0.15, 0.2) is 30.6 Å². The molecule has 2 aromatic rings. The predicted octanol–water partition coefficient (Wildman–Crippen LogP) is 3.17. The maximum absolute atomic E-state index is 12.2. The van der Waals surface area contributed by atoms with E-state index in [2.05, 4.69) is 27.5 Å². The Morgan fingerprint density at radius 3 is 2.57 bits per heavy atom. The summed E-state index contributed by atoms with van der Waals surface area (Å²) >= 11 is 0. The highest BCUT2D eigenvalue weighted by molar-refractivity contribution is 6.04. The highest BCUT2D eigenvalue weighted by Crippen LogP contribution is 2.18. The normalized spacial score (nSPS) is 10.2. The van der Waals surface area contributed by atoms with Crippen molar-refractivity contribution in [2.45, 2.75) is 27.2 Å². The van der Waals surface area contributed by atoms with E-state index in [-0.39, 0.29) is 5.91 Å². The van der Waals surface area contributed by atoms with Crippen molar-refractivity contribution in [2.24, 2.45) is 0 Å². The monoisotopic (exact) mass is 284 g/mol. The minimum Gasteiger partial charge on any atom is -0.354 e. The van der Waals surface area contributed by atoms with Crippen molar-refractivity contribution >= 4 is 17.5 Å². The van der Waals surface area contributed by atoms with Crippen LogP contribution in [-0.4, -0.2) is 22.4 Å². The zero-order chi connectivity index (χ0) is 15.2. The Bertz CT molecular complexity index is 623. The van der Waals surface area contributed by atoms with Gasteiger partial charge in [0.05, 0.1) is 5.56 Å². The summed E-state index contributed by atoms with van der Waals surface area (Å²) in [6.07, 6.45) is 4.06. The van der Waals surface area contributed by atoms with E-state index >= 15 is 0 Å². The lowest BCUT2D eigenvalue weighted by molar-refractivity contribution is 0.102. The molecule has 5 heteroatoms. The molecule has 1 aromatic heterocycles. The fraction of sp³-hybridized carbons (Fsp3) is 0.312. The number of aryl methyl sites for hydroxylation is 1. The molecule has 1 amide bonds. The smallest absolute Gasteiger partial charge is 0.258 e. The summed E-state index contributed by atoms with van der Waals surface area (Å²) in [7, 11) is 0. The summed E-state index contributed by atoms with van der Waals surface area (Å²) in [5.74, 6) is 0.339. The van der Waals surface area contributed by atoms with Crippen LogP contribution < -0.4 is 10.6 Å². The van der Waals surface area contributed by atoms with Gasteiger partial charge in [0, 0.05) is 24.6 Å². The van der Waals surface area contributed by atoms with E-state index in [1.165, 1.54) is 12.4 Å². The topological polar surface area (TPSA) is 66.9 Å². The molecular formula is C16H20N4O. The molecule has 21 heavy (non-hydrogen) atoms. The number of carbonyl (C=O) groups excluding carboxylic acids is 1. The number of nitrogens with zero attached hydrogens (tertiary/aromatic N) is 2. The number of amides is 1. The van der Waals surface area contributed by atoms with Gasteiger partial charge in [-0.2, -0.15) is 0 Å². The highest BCUT2D eigenvalue weighted by Gasteiger charge is 2.09. The average molecular weight is 284 g/mol. The number of benzene rings is 1. The molecule has 2 N–H and O–H groups in total. The molecule has 1 aromatic carbocycles. The first-order valence-corrected chi connectivity index (χ1v) is 7.05. The molecule has 0 radical (unpaired) electrons. The van der Waals surface area contributed by atoms with Crippen LogP contribution in [0.25, 0.3) is 0 Å². The van der Waals surface area contributed by atoms with Gasteiger partial charge in [0.15, 0.2) is 0 Å². The van der Waals surface area contributed by atoms with Gasteiger partial charge in [-0.15, -0.1) is 0 Å². The van der Waals surface area contributed by atoms with Gasteiger partial charge in [-0.25, -0.2) is 9.97 Å². The molecule has 0 aliphatic carbocycles. The van der Waals surface area contributed by atoms with Gasteiger partial charge in [0.1, 0.15) is 0 Å². The fourth-order valence-electron chi connectivity index (χ4n) is 1.85. The zero-order valence-electron chi connectivity index (χ0n) is 12.6. The number of rotatable bonds is 5. The minimum atomic E-state index is -0.203. The van der Waals surface area contributed by atoms with Crippen molar-refractivity contribution in [1.82, 2.24) is 9.97 Å². The molecule has 0 bridgehead atoms. The van der Waals surface area contributed by atoms with Crippen LogP contribution in [0.1, 0.15) is 34.8 Å². The van der Waals surface area contributed by atoms with Crippen molar-refractivity contribution < 1.29 is 4.79 Å². The molecule has 5 nitrogen and oxygen atoms in total. The molecule has 0 spiro atoms. The van der Waals surface area contributed by atoms with E-state index in [0.29, 0.717) is 11.5 Å². The first-order chi connectivity index (χ1) is 10.1. The lowest BCUT2D eigenvalue weighted by atomic mass is 10.1. The van der Waals surface area contributed by atoms with Crippen molar-refractivity contribution in [3.8, 4) is 0 Å². The second-order valence-corrected chi connectivity index (χ2v) is 4.92. The molecule has 2 rings (SSSR count). The largest absolute Gasteiger partial charge is 0.354 e. The third-order valence-electron chi connectivity index (χ3n) is 3.30. The molecular weight excluding hydrogens is 264 g/mol. The quantitative estimate of drug-likeness (QED) is 0.885. The highest BCUT2D eigenvalue weighted by atomic mass is 16.1. The Morgan fingerprint density at radius 1 is 1.19 bits per heavy atom. The summed E-state index contributed by atoms with van der Waals surface area (Å²) < 4.78 is 0. The lowest BCUT2D eigenvalue weighted by Crippen LogP contribution is -2.14. The van der Waals surface area contributed by atoms with E-state index < -0.39 is 0 Å². The van der Waals surface area contributed by atoms with Crippen LogP contribution in [0, 0.1) is 13.8 Å². The molecule has 0 aliphatic heterocycles. The Morgan fingerprint density at radius 2 is 1.90 bits per heavy atom. The molecule has 110 valence electrons. The molecule has 0 saturated heterocycles. The van der Waals surface area contributed by atoms with Crippen molar-refractivity contribution in [3.05, 3.63) is 47.3 Å². The Hall–Kier alpha value is -2.43. The van der Waals surface area contributed by atoms with Gasteiger partial charge in [-0.3, -0.25) is 4.79 Å². The van der Waals surface area contributed by atoms with E-state index in [1.54, 1.807) is 0 Å². The Labute approximate surface area is 124 Å². The van der Waals surface area contributed by atoms with Gasteiger partial charge in [-0.05, 0) is 37.5 Å². The SMILES string of the molecule is CCCNc1ncc(C(=O)Nc2cccc(C)c2C)cn1. The van der Waals surface area contributed by atoms with E-state index in [9.17, 15) is 4.79 Å². The zero-order valence-corrected chi connectivity index (χ0v) is 12.6. The van der Waals surface area contributed by atoms with E-state index in [4.69, 9.17) is 0 Å². The van der Waals surface area contributed by atoms with Gasteiger partial charge in [0.2, 0.25) is 5.95 Å². The lowest BCUT2D eigenvalue weighted by Gasteiger charge is -2.10. The van der Waals surface area contributed by atoms with Crippen molar-refractivity contribution in [3.63, 3.8) is 0 Å². The molecule has 1 heterocycles. The van der Waals surface area contributed by atoms with Gasteiger partial charge >= 0.3 is 0 Å². The molecule has 0 saturated carbocycles. The average Bonchev–Trinajstić information content (AvgIpc) is 2.50. The van der Waals surface area contributed by atoms with Crippen molar-refractivity contribution in [1.29, 1.82) is 0 Å². The molecule has 0 atom stereocenters. The number of nitrogens with one attached hydrogen (secondary N) is 2. The number of carbonyl (C=O) groups is 1. The fourth-order valence-corrected chi connectivity index (χ4v) is 1.85. The first-order valence-electron chi connectivity index (χ1n) is 7.05. The molecule has 0 unspecified atom stereocenters. The third-order valence-corrected chi connectivity index (χ3v) is 3.30. The summed E-state index contributed by atoms with van der Waals surface area (Å²) in [6, 6.07) is 5.83. The van der Waals surface area contributed by atoms with Gasteiger partial charge < -0.3 is 10.6 Å². The maximum atomic E-state index is 12.2.